The Bertz CT molecular complexity index is 321. The maximum atomic E-state index is 4.54. The molecule has 0 radical (unpaired) electrons. The predicted octanol–water partition coefficient (Wildman–Crippen LogP) is 7.51. The Labute approximate surface area is 151 Å². The van der Waals surface area contributed by atoms with E-state index in [-0.39, 0.29) is 5.66 Å². The van der Waals surface area contributed by atoms with Crippen LogP contribution in [0.25, 0.3) is 0 Å². The minimum Gasteiger partial charge on any atom is -0.262 e. The summed E-state index contributed by atoms with van der Waals surface area (Å²) in [6, 6.07) is 0. The Morgan fingerprint density at radius 2 is 0.917 bits per heavy atom. The van der Waals surface area contributed by atoms with Crippen molar-refractivity contribution in [2.24, 2.45) is 9.98 Å². The zero-order valence-electron chi connectivity index (χ0n) is 16.6. The Kier molecular flexibility index (Phi) is 13.1. The van der Waals surface area contributed by atoms with Crippen molar-refractivity contribution in [2.45, 2.75) is 129 Å². The molecular weight excluding hydrogens is 292 g/mol. The number of aliphatic imine (C=N–C) groups is 2. The van der Waals surface area contributed by atoms with Crippen LogP contribution in [0.1, 0.15) is 123 Å². The minimum atomic E-state index is -0.0868. The van der Waals surface area contributed by atoms with Gasteiger partial charge in [0.25, 0.3) is 0 Å². The molecule has 0 aliphatic carbocycles. The van der Waals surface area contributed by atoms with Crippen molar-refractivity contribution in [3.63, 3.8) is 0 Å². The number of hydrogen-bond donors (Lipinski definition) is 0. The Morgan fingerprint density at radius 3 is 1.29 bits per heavy atom. The Balaban J connectivity index is 1.76. The molecule has 0 saturated heterocycles. The fraction of sp³-hybridized carbons (Fsp3) is 0.909. The number of nitrogens with zero attached hydrogens (tertiary/aromatic N) is 2. The molecular formula is C22H42N2. The van der Waals surface area contributed by atoms with Crippen molar-refractivity contribution in [3.8, 4) is 0 Å². The van der Waals surface area contributed by atoms with E-state index in [1.807, 2.05) is 12.4 Å². The zero-order valence-corrected chi connectivity index (χ0v) is 16.6. The Morgan fingerprint density at radius 1 is 0.542 bits per heavy atom. The third-order valence-electron chi connectivity index (χ3n) is 5.44. The van der Waals surface area contributed by atoms with Crippen molar-refractivity contribution in [1.82, 2.24) is 0 Å². The van der Waals surface area contributed by atoms with Gasteiger partial charge in [0.15, 0.2) is 0 Å². The van der Waals surface area contributed by atoms with Crippen molar-refractivity contribution >= 4 is 12.4 Å². The van der Waals surface area contributed by atoms with Crippen LogP contribution >= 0.6 is 0 Å². The highest BCUT2D eigenvalue weighted by Gasteiger charge is 2.25. The first-order chi connectivity index (χ1) is 11.8. The lowest BCUT2D eigenvalue weighted by Gasteiger charge is -2.20. The van der Waals surface area contributed by atoms with Crippen molar-refractivity contribution in [2.75, 3.05) is 0 Å². The fourth-order valence-electron chi connectivity index (χ4n) is 3.65. The second-order valence-electron chi connectivity index (χ2n) is 7.59. The van der Waals surface area contributed by atoms with Crippen molar-refractivity contribution in [3.05, 3.63) is 0 Å². The van der Waals surface area contributed by atoms with Crippen molar-refractivity contribution < 1.29 is 0 Å². The van der Waals surface area contributed by atoms with E-state index < -0.39 is 0 Å². The summed E-state index contributed by atoms with van der Waals surface area (Å²) in [5.74, 6) is 0. The number of hydrogen-bond acceptors (Lipinski definition) is 2. The van der Waals surface area contributed by atoms with Gasteiger partial charge in [-0.3, -0.25) is 9.98 Å². The van der Waals surface area contributed by atoms with Gasteiger partial charge in [-0.2, -0.15) is 0 Å². The summed E-state index contributed by atoms with van der Waals surface area (Å²) in [5.41, 5.74) is -0.0868. The summed E-state index contributed by atoms with van der Waals surface area (Å²) >= 11 is 0. The highest BCUT2D eigenvalue weighted by molar-refractivity contribution is 6.17. The van der Waals surface area contributed by atoms with Gasteiger partial charge in [-0.1, -0.05) is 104 Å². The first kappa shape index (κ1) is 21.4. The van der Waals surface area contributed by atoms with Gasteiger partial charge >= 0.3 is 0 Å². The molecule has 0 aromatic rings. The third kappa shape index (κ3) is 10.3. The van der Waals surface area contributed by atoms with E-state index in [0.717, 1.165) is 12.8 Å². The lowest BCUT2D eigenvalue weighted by atomic mass is 9.99. The van der Waals surface area contributed by atoms with Gasteiger partial charge in [0, 0.05) is 12.4 Å². The molecule has 0 unspecified atom stereocenters. The molecule has 1 rings (SSSR count). The van der Waals surface area contributed by atoms with E-state index >= 15 is 0 Å². The lowest BCUT2D eigenvalue weighted by molar-refractivity contribution is 0.388. The van der Waals surface area contributed by atoms with Gasteiger partial charge in [-0.05, 0) is 19.3 Å². The molecule has 1 heterocycles. The highest BCUT2D eigenvalue weighted by atomic mass is 15.1. The van der Waals surface area contributed by atoms with E-state index in [9.17, 15) is 0 Å². The first-order valence-corrected chi connectivity index (χ1v) is 10.9. The Hall–Kier alpha value is -0.660. The van der Waals surface area contributed by atoms with Gasteiger partial charge < -0.3 is 0 Å². The van der Waals surface area contributed by atoms with E-state index in [4.69, 9.17) is 0 Å². The molecule has 1 aliphatic heterocycles. The minimum absolute atomic E-state index is 0.0868. The molecule has 0 spiro atoms. The van der Waals surface area contributed by atoms with Gasteiger partial charge in [0.05, 0.1) is 0 Å². The molecule has 0 amide bonds. The molecule has 0 N–H and O–H groups in total. The topological polar surface area (TPSA) is 24.7 Å². The van der Waals surface area contributed by atoms with Crippen LogP contribution in [0, 0.1) is 0 Å². The largest absolute Gasteiger partial charge is 0.262 e. The molecule has 2 heteroatoms. The standard InChI is InChI=1S/C22H42N2/c1-3-5-6-7-8-9-10-11-12-13-14-15-16-17-18-19-22(4-2)23-20-21-24-22/h20-21H,3-19H2,1-2H3. The zero-order chi connectivity index (χ0) is 17.3. The van der Waals surface area contributed by atoms with E-state index in [1.165, 1.54) is 96.3 Å². The molecule has 0 saturated carbocycles. The first-order valence-electron chi connectivity index (χ1n) is 10.9. The maximum Gasteiger partial charge on any atom is 0.149 e. The molecule has 0 bridgehead atoms. The van der Waals surface area contributed by atoms with Crippen LogP contribution in [0.2, 0.25) is 0 Å². The molecule has 0 aromatic carbocycles. The van der Waals surface area contributed by atoms with E-state index in [1.54, 1.807) is 0 Å². The number of unbranched alkanes of at least 4 members (excludes halogenated alkanes) is 14. The quantitative estimate of drug-likeness (QED) is 0.246. The second-order valence-corrected chi connectivity index (χ2v) is 7.59. The number of rotatable bonds is 17. The monoisotopic (exact) mass is 334 g/mol. The summed E-state index contributed by atoms with van der Waals surface area (Å²) < 4.78 is 0. The average Bonchev–Trinajstić information content (AvgIpc) is 3.08. The summed E-state index contributed by atoms with van der Waals surface area (Å²) in [5, 5.41) is 0. The van der Waals surface area contributed by atoms with Gasteiger partial charge in [0.2, 0.25) is 0 Å². The SMILES string of the molecule is CCCCCCCCCCCCCCCCCC1(CC)N=CC=N1. The lowest BCUT2D eigenvalue weighted by Crippen LogP contribution is -2.19. The van der Waals surface area contributed by atoms with Gasteiger partial charge in [-0.25, -0.2) is 0 Å². The van der Waals surface area contributed by atoms with Crippen LogP contribution in [0.5, 0.6) is 0 Å². The molecule has 0 atom stereocenters. The van der Waals surface area contributed by atoms with Crippen LogP contribution in [0.4, 0.5) is 0 Å². The molecule has 140 valence electrons. The van der Waals surface area contributed by atoms with E-state index in [2.05, 4.69) is 23.8 Å². The summed E-state index contributed by atoms with van der Waals surface area (Å²) in [6.45, 7) is 4.49. The fourth-order valence-corrected chi connectivity index (χ4v) is 3.65. The van der Waals surface area contributed by atoms with Crippen LogP contribution < -0.4 is 0 Å². The maximum absolute atomic E-state index is 4.54. The molecule has 1 aliphatic rings. The van der Waals surface area contributed by atoms with Gasteiger partial charge in [0.1, 0.15) is 5.66 Å². The summed E-state index contributed by atoms with van der Waals surface area (Å²) in [4.78, 5) is 9.08. The molecule has 2 nitrogen and oxygen atoms in total. The molecule has 24 heavy (non-hydrogen) atoms. The van der Waals surface area contributed by atoms with Crippen LogP contribution in [0.15, 0.2) is 9.98 Å². The highest BCUT2D eigenvalue weighted by Crippen LogP contribution is 2.27. The van der Waals surface area contributed by atoms with Gasteiger partial charge in [-0.15, -0.1) is 0 Å². The molecule has 0 fully saturated rings. The third-order valence-corrected chi connectivity index (χ3v) is 5.44. The predicted molar refractivity (Wildman–Crippen MR) is 110 cm³/mol. The average molecular weight is 335 g/mol. The summed E-state index contributed by atoms with van der Waals surface area (Å²) in [7, 11) is 0. The second kappa shape index (κ2) is 14.7. The van der Waals surface area contributed by atoms with Crippen LogP contribution in [-0.4, -0.2) is 18.1 Å². The van der Waals surface area contributed by atoms with Crippen LogP contribution in [0.3, 0.4) is 0 Å². The molecule has 0 aromatic heterocycles. The summed E-state index contributed by atoms with van der Waals surface area (Å²) in [6.07, 6.45) is 27.3. The van der Waals surface area contributed by atoms with Crippen LogP contribution in [-0.2, 0) is 0 Å². The normalized spacial score (nSPS) is 15.4. The van der Waals surface area contributed by atoms with Crippen molar-refractivity contribution in [1.29, 1.82) is 0 Å². The van der Waals surface area contributed by atoms with E-state index in [0.29, 0.717) is 0 Å². The smallest absolute Gasteiger partial charge is 0.149 e.